The van der Waals surface area contributed by atoms with Gasteiger partial charge in [-0.05, 0) is 44.1 Å². The summed E-state index contributed by atoms with van der Waals surface area (Å²) in [6.45, 7) is 3.56. The quantitative estimate of drug-likeness (QED) is 0.798. The van der Waals surface area contributed by atoms with E-state index >= 15 is 0 Å². The van der Waals surface area contributed by atoms with Crippen LogP contribution in [0.15, 0.2) is 18.2 Å². The maximum Gasteiger partial charge on any atom is 0.255 e. The first-order valence-electron chi connectivity index (χ1n) is 9.61. The molecule has 0 spiro atoms. The summed E-state index contributed by atoms with van der Waals surface area (Å²) in [7, 11) is 4.72. The van der Waals surface area contributed by atoms with Crippen molar-refractivity contribution in [3.63, 3.8) is 0 Å². The zero-order valence-electron chi connectivity index (χ0n) is 16.8. The Hall–Kier alpha value is -2.32. The molecule has 0 radical (unpaired) electrons. The molecule has 2 fully saturated rings. The summed E-state index contributed by atoms with van der Waals surface area (Å²) in [5, 5.41) is 3.27. The van der Waals surface area contributed by atoms with Gasteiger partial charge in [-0.3, -0.25) is 9.59 Å². The Morgan fingerprint density at radius 1 is 0.929 bits per heavy atom. The molecule has 1 aromatic carbocycles. The molecule has 0 aromatic heterocycles. The van der Waals surface area contributed by atoms with E-state index in [0.29, 0.717) is 56.1 Å². The number of hydrogen-bond donors (Lipinski definition) is 1. The second-order valence-electron chi connectivity index (χ2n) is 7.10. The molecular weight excluding hydrogens is 362 g/mol. The molecule has 1 aromatic rings. The molecule has 28 heavy (non-hydrogen) atoms. The van der Waals surface area contributed by atoms with Crippen molar-refractivity contribution >= 4 is 11.8 Å². The summed E-state index contributed by atoms with van der Waals surface area (Å²) >= 11 is 0. The van der Waals surface area contributed by atoms with E-state index in [2.05, 4.69) is 5.32 Å². The minimum atomic E-state index is -0.735. The van der Waals surface area contributed by atoms with Crippen LogP contribution in [-0.4, -0.2) is 87.8 Å². The number of amides is 2. The predicted molar refractivity (Wildman–Crippen MR) is 104 cm³/mol. The average molecular weight is 391 g/mol. The van der Waals surface area contributed by atoms with Crippen LogP contribution in [0, 0.1) is 0 Å². The van der Waals surface area contributed by atoms with E-state index in [9.17, 15) is 9.59 Å². The summed E-state index contributed by atoms with van der Waals surface area (Å²) in [6.07, 6.45) is 1.35. The topological polar surface area (TPSA) is 80.3 Å². The van der Waals surface area contributed by atoms with Crippen LogP contribution in [0.5, 0.6) is 11.5 Å². The number of carbonyl (C=O) groups is 2. The molecule has 2 saturated heterocycles. The predicted octanol–water partition coefficient (Wildman–Crippen LogP) is 0.757. The van der Waals surface area contributed by atoms with Crippen molar-refractivity contribution in [2.45, 2.75) is 18.4 Å². The maximum atomic E-state index is 13.0. The Labute approximate surface area is 165 Å². The van der Waals surface area contributed by atoms with Gasteiger partial charge in [-0.15, -0.1) is 0 Å². The van der Waals surface area contributed by atoms with E-state index in [1.807, 2.05) is 4.90 Å². The van der Waals surface area contributed by atoms with E-state index in [1.54, 1.807) is 44.4 Å². The highest BCUT2D eigenvalue weighted by atomic mass is 16.5. The van der Waals surface area contributed by atoms with Crippen LogP contribution in [0.1, 0.15) is 23.2 Å². The Morgan fingerprint density at radius 2 is 1.54 bits per heavy atom. The van der Waals surface area contributed by atoms with Gasteiger partial charge >= 0.3 is 0 Å². The first kappa shape index (κ1) is 20.4. The Morgan fingerprint density at radius 3 is 2.11 bits per heavy atom. The first-order valence-corrected chi connectivity index (χ1v) is 9.61. The van der Waals surface area contributed by atoms with E-state index in [0.717, 1.165) is 13.1 Å². The molecule has 2 aliphatic heterocycles. The molecule has 8 heteroatoms. The van der Waals surface area contributed by atoms with Crippen molar-refractivity contribution in [2.24, 2.45) is 0 Å². The number of carbonyl (C=O) groups excluding carboxylic acids is 2. The first-order chi connectivity index (χ1) is 13.5. The summed E-state index contributed by atoms with van der Waals surface area (Å²) in [5.41, 5.74) is -0.190. The number of rotatable bonds is 5. The number of hydrogen-bond acceptors (Lipinski definition) is 6. The maximum absolute atomic E-state index is 13.0. The number of nitrogens with zero attached hydrogens (tertiary/aromatic N) is 2. The van der Waals surface area contributed by atoms with Crippen LogP contribution < -0.4 is 14.8 Å². The monoisotopic (exact) mass is 391 g/mol. The smallest absolute Gasteiger partial charge is 0.255 e. The molecule has 2 heterocycles. The van der Waals surface area contributed by atoms with Gasteiger partial charge in [-0.25, -0.2) is 0 Å². The highest BCUT2D eigenvalue weighted by Gasteiger charge is 2.43. The van der Waals surface area contributed by atoms with Gasteiger partial charge in [0.1, 0.15) is 5.60 Å². The van der Waals surface area contributed by atoms with Gasteiger partial charge in [0.15, 0.2) is 11.5 Å². The highest BCUT2D eigenvalue weighted by Crippen LogP contribution is 2.29. The minimum Gasteiger partial charge on any atom is -0.493 e. The van der Waals surface area contributed by atoms with Gasteiger partial charge in [-0.2, -0.15) is 0 Å². The molecule has 0 atom stereocenters. The van der Waals surface area contributed by atoms with Gasteiger partial charge in [0.25, 0.3) is 11.8 Å². The molecule has 0 aliphatic carbocycles. The van der Waals surface area contributed by atoms with Crippen molar-refractivity contribution in [3.05, 3.63) is 23.8 Å². The fourth-order valence-corrected chi connectivity index (χ4v) is 3.89. The third-order valence-corrected chi connectivity index (χ3v) is 5.68. The number of methoxy groups -OCH3 is 3. The van der Waals surface area contributed by atoms with Crippen LogP contribution >= 0.6 is 0 Å². The zero-order valence-corrected chi connectivity index (χ0v) is 16.8. The zero-order chi connectivity index (χ0) is 20.1. The largest absolute Gasteiger partial charge is 0.493 e. The van der Waals surface area contributed by atoms with Crippen molar-refractivity contribution in [2.75, 3.05) is 60.6 Å². The van der Waals surface area contributed by atoms with Crippen LogP contribution in [0.4, 0.5) is 0 Å². The third kappa shape index (κ3) is 3.93. The second-order valence-corrected chi connectivity index (χ2v) is 7.10. The fourth-order valence-electron chi connectivity index (χ4n) is 3.89. The van der Waals surface area contributed by atoms with Crippen molar-refractivity contribution in [1.29, 1.82) is 0 Å². The Kier molecular flexibility index (Phi) is 6.41. The van der Waals surface area contributed by atoms with E-state index in [4.69, 9.17) is 14.2 Å². The van der Waals surface area contributed by atoms with Crippen LogP contribution in [0.3, 0.4) is 0 Å². The molecule has 3 rings (SSSR count). The minimum absolute atomic E-state index is 0.0368. The SMILES string of the molecule is COc1ccc(C(=O)N2CCN(C(=O)C3(OC)CCNCC3)CC2)cc1OC. The number of piperazine rings is 1. The summed E-state index contributed by atoms with van der Waals surface area (Å²) < 4.78 is 16.2. The van der Waals surface area contributed by atoms with Gasteiger partial charge in [0.2, 0.25) is 0 Å². The molecule has 2 amide bonds. The lowest BCUT2D eigenvalue weighted by atomic mass is 9.90. The van der Waals surface area contributed by atoms with Crippen molar-refractivity contribution in [3.8, 4) is 11.5 Å². The van der Waals surface area contributed by atoms with Gasteiger partial charge in [-0.1, -0.05) is 0 Å². The van der Waals surface area contributed by atoms with Crippen LogP contribution in [0.2, 0.25) is 0 Å². The van der Waals surface area contributed by atoms with Gasteiger partial charge in [0.05, 0.1) is 14.2 Å². The average Bonchev–Trinajstić information content (AvgIpc) is 2.78. The molecular formula is C20H29N3O5. The third-order valence-electron chi connectivity index (χ3n) is 5.68. The molecule has 0 saturated carbocycles. The molecule has 8 nitrogen and oxygen atoms in total. The summed E-state index contributed by atoms with van der Waals surface area (Å²) in [4.78, 5) is 29.5. The van der Waals surface area contributed by atoms with E-state index in [-0.39, 0.29) is 11.8 Å². The summed E-state index contributed by atoms with van der Waals surface area (Å²) in [5.74, 6) is 1.07. The van der Waals surface area contributed by atoms with E-state index < -0.39 is 5.60 Å². The number of ether oxygens (including phenoxy) is 3. The molecule has 1 N–H and O–H groups in total. The van der Waals surface area contributed by atoms with E-state index in [1.165, 1.54) is 0 Å². The second kappa shape index (κ2) is 8.79. The molecule has 2 aliphatic rings. The number of benzene rings is 1. The lowest BCUT2D eigenvalue weighted by Gasteiger charge is -2.42. The Bertz CT molecular complexity index is 710. The molecule has 0 bridgehead atoms. The Balaban J connectivity index is 1.63. The van der Waals surface area contributed by atoms with Gasteiger partial charge in [0, 0.05) is 38.9 Å². The van der Waals surface area contributed by atoms with Crippen molar-refractivity contribution < 1.29 is 23.8 Å². The standard InChI is InChI=1S/C20H29N3O5/c1-26-16-5-4-15(14-17(16)27-2)18(24)22-10-12-23(13-11-22)19(25)20(28-3)6-8-21-9-7-20/h4-5,14,21H,6-13H2,1-3H3. The number of nitrogens with one attached hydrogen (secondary N) is 1. The lowest BCUT2D eigenvalue weighted by Crippen LogP contribution is -2.59. The lowest BCUT2D eigenvalue weighted by molar-refractivity contribution is -0.159. The van der Waals surface area contributed by atoms with Crippen LogP contribution in [0.25, 0.3) is 0 Å². The number of piperidine rings is 1. The highest BCUT2D eigenvalue weighted by molar-refractivity contribution is 5.95. The van der Waals surface area contributed by atoms with Crippen molar-refractivity contribution in [1.82, 2.24) is 15.1 Å². The summed E-state index contributed by atoms with van der Waals surface area (Å²) in [6, 6.07) is 5.15. The normalized spacial score (nSPS) is 19.2. The molecule has 0 unspecified atom stereocenters. The molecule has 154 valence electrons. The van der Waals surface area contributed by atoms with Gasteiger partial charge < -0.3 is 29.3 Å². The fraction of sp³-hybridized carbons (Fsp3) is 0.600. The van der Waals surface area contributed by atoms with Crippen LogP contribution in [-0.2, 0) is 9.53 Å².